The molecular formula is C16H24O2. The molecule has 18 heavy (non-hydrogen) atoms. The summed E-state index contributed by atoms with van der Waals surface area (Å²) in [5.41, 5.74) is 0.656. The van der Waals surface area contributed by atoms with Crippen molar-refractivity contribution in [1.29, 1.82) is 0 Å². The van der Waals surface area contributed by atoms with Gasteiger partial charge in [-0.1, -0.05) is 0 Å². The van der Waals surface area contributed by atoms with Crippen molar-refractivity contribution in [2.75, 3.05) is 0 Å². The number of hydrogen-bond acceptors (Lipinski definition) is 1. The van der Waals surface area contributed by atoms with E-state index in [0.717, 1.165) is 36.5 Å². The molecule has 0 aliphatic heterocycles. The summed E-state index contributed by atoms with van der Waals surface area (Å²) in [6.07, 6.45) is 12.3. The minimum Gasteiger partial charge on any atom is -0.481 e. The van der Waals surface area contributed by atoms with Gasteiger partial charge in [-0.15, -0.1) is 0 Å². The molecular weight excluding hydrogens is 224 g/mol. The van der Waals surface area contributed by atoms with E-state index in [1.807, 2.05) is 0 Å². The van der Waals surface area contributed by atoms with Crippen molar-refractivity contribution in [1.82, 2.24) is 0 Å². The van der Waals surface area contributed by atoms with E-state index in [1.165, 1.54) is 44.9 Å². The molecule has 0 spiro atoms. The second-order valence-corrected chi connectivity index (χ2v) is 7.99. The Morgan fingerprint density at radius 3 is 1.89 bits per heavy atom. The molecule has 1 N–H and O–H groups in total. The quantitative estimate of drug-likeness (QED) is 0.826. The van der Waals surface area contributed by atoms with Crippen LogP contribution in [-0.4, -0.2) is 11.1 Å². The van der Waals surface area contributed by atoms with Gasteiger partial charge in [-0.05, 0) is 86.9 Å². The molecule has 5 rings (SSSR count). The summed E-state index contributed by atoms with van der Waals surface area (Å²) in [6.45, 7) is 0. The molecule has 5 saturated carbocycles. The number of carbonyl (C=O) groups is 1. The summed E-state index contributed by atoms with van der Waals surface area (Å²) in [6, 6.07) is 0. The fourth-order valence-corrected chi connectivity index (χ4v) is 6.26. The van der Waals surface area contributed by atoms with Crippen LogP contribution < -0.4 is 0 Å². The third-order valence-corrected chi connectivity index (χ3v) is 6.47. The van der Waals surface area contributed by atoms with Crippen LogP contribution in [0.3, 0.4) is 0 Å². The lowest BCUT2D eigenvalue weighted by molar-refractivity contribution is -0.148. The largest absolute Gasteiger partial charge is 0.481 e. The molecule has 0 atom stereocenters. The van der Waals surface area contributed by atoms with Crippen molar-refractivity contribution in [3.63, 3.8) is 0 Å². The fraction of sp³-hybridized carbons (Fsp3) is 0.938. The van der Waals surface area contributed by atoms with Gasteiger partial charge in [0.15, 0.2) is 0 Å². The first-order valence-electron chi connectivity index (χ1n) is 7.85. The van der Waals surface area contributed by atoms with Crippen molar-refractivity contribution < 1.29 is 9.90 Å². The Bertz CT molecular complexity index is 332. The Hall–Kier alpha value is -0.530. The first kappa shape index (κ1) is 11.3. The monoisotopic (exact) mass is 248 g/mol. The number of hydrogen-bond donors (Lipinski definition) is 1. The third-order valence-electron chi connectivity index (χ3n) is 6.47. The topological polar surface area (TPSA) is 37.3 Å². The SMILES string of the molecule is O=C(O)C1CC(CC23CC4CC(CC(C4)C2)C3)C1. The van der Waals surface area contributed by atoms with Crippen molar-refractivity contribution in [2.24, 2.45) is 35.0 Å². The molecule has 5 aliphatic rings. The van der Waals surface area contributed by atoms with Gasteiger partial charge in [0.1, 0.15) is 0 Å². The standard InChI is InChI=1S/C16H24O2/c17-15(18)14-4-13(5-14)9-16-6-10-1-11(7-16)3-12(2-10)8-16/h10-14H,1-9H2,(H,17,18). The van der Waals surface area contributed by atoms with E-state index in [1.54, 1.807) is 0 Å². The maximum absolute atomic E-state index is 10.9. The summed E-state index contributed by atoms with van der Waals surface area (Å²) in [5, 5.41) is 8.98. The van der Waals surface area contributed by atoms with E-state index < -0.39 is 5.97 Å². The van der Waals surface area contributed by atoms with E-state index >= 15 is 0 Å². The number of carboxylic acids is 1. The van der Waals surface area contributed by atoms with Gasteiger partial charge in [-0.2, -0.15) is 0 Å². The van der Waals surface area contributed by atoms with Crippen molar-refractivity contribution in [3.8, 4) is 0 Å². The molecule has 100 valence electrons. The Balaban J connectivity index is 1.41. The Morgan fingerprint density at radius 1 is 0.944 bits per heavy atom. The van der Waals surface area contributed by atoms with Crippen LogP contribution in [0.15, 0.2) is 0 Å². The molecule has 0 aromatic rings. The summed E-state index contributed by atoms with van der Waals surface area (Å²) >= 11 is 0. The highest BCUT2D eigenvalue weighted by atomic mass is 16.4. The molecule has 5 fully saturated rings. The second-order valence-electron chi connectivity index (χ2n) is 7.99. The highest BCUT2D eigenvalue weighted by Gasteiger charge is 2.52. The second kappa shape index (κ2) is 3.74. The normalized spacial score (nSPS) is 53.2. The summed E-state index contributed by atoms with van der Waals surface area (Å²) in [5.74, 6) is 3.27. The molecule has 0 saturated heterocycles. The molecule has 2 heteroatoms. The first-order valence-corrected chi connectivity index (χ1v) is 7.85. The lowest BCUT2D eigenvalue weighted by Gasteiger charge is -2.58. The fourth-order valence-electron chi connectivity index (χ4n) is 6.26. The molecule has 0 heterocycles. The number of carboxylic acid groups (broad SMARTS) is 1. The van der Waals surface area contributed by atoms with Gasteiger partial charge in [0.25, 0.3) is 0 Å². The molecule has 0 radical (unpaired) electrons. The minimum absolute atomic E-state index is 0.0103. The summed E-state index contributed by atoms with van der Waals surface area (Å²) < 4.78 is 0. The Kier molecular flexibility index (Phi) is 2.35. The van der Waals surface area contributed by atoms with Gasteiger partial charge < -0.3 is 5.11 Å². The molecule has 0 unspecified atom stereocenters. The molecule has 0 aromatic carbocycles. The minimum atomic E-state index is -0.559. The Labute approximate surface area is 109 Å². The van der Waals surface area contributed by atoms with Gasteiger partial charge >= 0.3 is 5.97 Å². The maximum Gasteiger partial charge on any atom is 0.306 e. The van der Waals surface area contributed by atoms with Crippen LogP contribution in [0.4, 0.5) is 0 Å². The van der Waals surface area contributed by atoms with E-state index in [4.69, 9.17) is 5.11 Å². The van der Waals surface area contributed by atoms with E-state index in [9.17, 15) is 4.79 Å². The van der Waals surface area contributed by atoms with Gasteiger partial charge in [0, 0.05) is 0 Å². The molecule has 0 aromatic heterocycles. The number of rotatable bonds is 3. The predicted octanol–water partition coefficient (Wildman–Crippen LogP) is 3.70. The maximum atomic E-state index is 10.9. The van der Waals surface area contributed by atoms with Crippen molar-refractivity contribution >= 4 is 5.97 Å². The highest BCUT2D eigenvalue weighted by molar-refractivity contribution is 5.71. The van der Waals surface area contributed by atoms with E-state index in [-0.39, 0.29) is 5.92 Å². The van der Waals surface area contributed by atoms with Gasteiger partial charge in [0.05, 0.1) is 5.92 Å². The van der Waals surface area contributed by atoms with Crippen LogP contribution in [0, 0.1) is 35.0 Å². The van der Waals surface area contributed by atoms with Crippen molar-refractivity contribution in [3.05, 3.63) is 0 Å². The zero-order valence-corrected chi connectivity index (χ0v) is 11.1. The number of aliphatic carboxylic acids is 1. The highest BCUT2D eigenvalue weighted by Crippen LogP contribution is 2.63. The third kappa shape index (κ3) is 1.71. The lowest BCUT2D eigenvalue weighted by atomic mass is 9.47. The van der Waals surface area contributed by atoms with Gasteiger partial charge in [0.2, 0.25) is 0 Å². The Morgan fingerprint density at radius 2 is 1.44 bits per heavy atom. The molecule has 4 bridgehead atoms. The first-order chi connectivity index (χ1) is 8.62. The molecule has 2 nitrogen and oxygen atoms in total. The molecule has 5 aliphatic carbocycles. The van der Waals surface area contributed by atoms with Gasteiger partial charge in [-0.3, -0.25) is 4.79 Å². The van der Waals surface area contributed by atoms with Crippen LogP contribution in [0.5, 0.6) is 0 Å². The summed E-state index contributed by atoms with van der Waals surface area (Å²) in [7, 11) is 0. The average Bonchev–Trinajstić information content (AvgIpc) is 2.20. The van der Waals surface area contributed by atoms with Crippen LogP contribution in [0.1, 0.15) is 57.8 Å². The zero-order chi connectivity index (χ0) is 12.3. The van der Waals surface area contributed by atoms with Crippen LogP contribution in [0.2, 0.25) is 0 Å². The lowest BCUT2D eigenvalue weighted by Crippen LogP contribution is -2.48. The predicted molar refractivity (Wildman–Crippen MR) is 69.1 cm³/mol. The zero-order valence-electron chi connectivity index (χ0n) is 11.1. The average molecular weight is 248 g/mol. The van der Waals surface area contributed by atoms with E-state index in [2.05, 4.69) is 0 Å². The van der Waals surface area contributed by atoms with Gasteiger partial charge in [-0.25, -0.2) is 0 Å². The van der Waals surface area contributed by atoms with Crippen molar-refractivity contribution in [2.45, 2.75) is 57.8 Å². The summed E-state index contributed by atoms with van der Waals surface area (Å²) in [4.78, 5) is 10.9. The van der Waals surface area contributed by atoms with Crippen LogP contribution in [-0.2, 0) is 4.79 Å². The smallest absolute Gasteiger partial charge is 0.306 e. The molecule has 0 amide bonds. The van der Waals surface area contributed by atoms with E-state index in [0.29, 0.717) is 5.41 Å². The van der Waals surface area contributed by atoms with Crippen LogP contribution in [0.25, 0.3) is 0 Å². The van der Waals surface area contributed by atoms with Crippen LogP contribution >= 0.6 is 0 Å².